The summed E-state index contributed by atoms with van der Waals surface area (Å²) in [4.78, 5) is 0. The van der Waals surface area contributed by atoms with Gasteiger partial charge in [-0.3, -0.25) is 0 Å². The van der Waals surface area contributed by atoms with E-state index >= 15 is 0 Å². The van der Waals surface area contributed by atoms with Crippen LogP contribution < -0.4 is 5.32 Å². The first kappa shape index (κ1) is 10.9. The Kier molecular flexibility index (Phi) is 6.57. The van der Waals surface area contributed by atoms with Gasteiger partial charge in [-0.15, -0.1) is 0 Å². The van der Waals surface area contributed by atoms with Gasteiger partial charge in [0.05, 0.1) is 6.10 Å². The number of aliphatic hydroxyl groups is 1. The molecular formula is C9H21NO. The normalized spacial score (nSPS) is 13.9. The molecule has 0 radical (unpaired) electrons. The molecule has 0 heterocycles. The number of rotatable bonds is 6. The largest absolute Gasteiger partial charge is 0.393 e. The molecule has 0 aromatic carbocycles. The van der Waals surface area contributed by atoms with Gasteiger partial charge in [-0.05, 0) is 38.8 Å². The highest BCUT2D eigenvalue weighted by Crippen LogP contribution is 1.96. The maximum atomic E-state index is 8.92. The molecule has 0 bridgehead atoms. The first-order chi connectivity index (χ1) is 5.13. The van der Waals surface area contributed by atoms with Crippen LogP contribution in [0.15, 0.2) is 0 Å². The number of hydrogen-bond donors (Lipinski definition) is 2. The Bertz CT molecular complexity index is 71.6. The average molecular weight is 159 g/mol. The van der Waals surface area contributed by atoms with Crippen molar-refractivity contribution in [3.63, 3.8) is 0 Å². The molecule has 0 amide bonds. The van der Waals surface area contributed by atoms with Crippen LogP contribution in [-0.2, 0) is 0 Å². The predicted octanol–water partition coefficient (Wildman–Crippen LogP) is 1.39. The quantitative estimate of drug-likeness (QED) is 0.574. The van der Waals surface area contributed by atoms with E-state index in [2.05, 4.69) is 19.2 Å². The van der Waals surface area contributed by atoms with Gasteiger partial charge in [-0.25, -0.2) is 0 Å². The fourth-order valence-electron chi connectivity index (χ4n) is 0.827. The minimum atomic E-state index is -0.165. The topological polar surface area (TPSA) is 32.3 Å². The minimum Gasteiger partial charge on any atom is -0.393 e. The van der Waals surface area contributed by atoms with Gasteiger partial charge in [0.25, 0.3) is 0 Å². The third-order valence-electron chi connectivity index (χ3n) is 1.64. The third-order valence-corrected chi connectivity index (χ3v) is 1.64. The van der Waals surface area contributed by atoms with Gasteiger partial charge in [0.15, 0.2) is 0 Å². The van der Waals surface area contributed by atoms with Crippen LogP contribution in [-0.4, -0.2) is 24.3 Å². The van der Waals surface area contributed by atoms with Gasteiger partial charge in [0.2, 0.25) is 0 Å². The summed E-state index contributed by atoms with van der Waals surface area (Å²) in [6.07, 6.45) is 1.92. The zero-order chi connectivity index (χ0) is 8.69. The third kappa shape index (κ3) is 9.92. The molecule has 2 nitrogen and oxygen atoms in total. The highest BCUT2D eigenvalue weighted by molar-refractivity contribution is 4.53. The Hall–Kier alpha value is -0.0800. The molecule has 0 saturated carbocycles. The molecule has 1 atom stereocenters. The second-order valence-corrected chi connectivity index (χ2v) is 3.57. The molecular weight excluding hydrogens is 138 g/mol. The van der Waals surface area contributed by atoms with Crippen LogP contribution in [0, 0.1) is 5.92 Å². The molecule has 0 aliphatic carbocycles. The average Bonchev–Trinajstić information content (AvgIpc) is 1.85. The summed E-state index contributed by atoms with van der Waals surface area (Å²) in [5.41, 5.74) is 0. The lowest BCUT2D eigenvalue weighted by Gasteiger charge is -2.07. The summed E-state index contributed by atoms with van der Waals surface area (Å²) >= 11 is 0. The minimum absolute atomic E-state index is 0.165. The van der Waals surface area contributed by atoms with E-state index in [1.807, 2.05) is 6.92 Å². The molecule has 0 aliphatic heterocycles. The van der Waals surface area contributed by atoms with Crippen molar-refractivity contribution >= 4 is 0 Å². The van der Waals surface area contributed by atoms with Crippen molar-refractivity contribution < 1.29 is 5.11 Å². The Balaban J connectivity index is 2.91. The monoisotopic (exact) mass is 159 g/mol. The van der Waals surface area contributed by atoms with Crippen molar-refractivity contribution in [1.29, 1.82) is 0 Å². The molecule has 0 aromatic rings. The lowest BCUT2D eigenvalue weighted by Crippen LogP contribution is -2.21. The molecule has 0 aliphatic rings. The highest BCUT2D eigenvalue weighted by atomic mass is 16.3. The van der Waals surface area contributed by atoms with Gasteiger partial charge in [-0.2, -0.15) is 0 Å². The summed E-state index contributed by atoms with van der Waals surface area (Å²) in [7, 11) is 0. The van der Waals surface area contributed by atoms with Crippen molar-refractivity contribution in [3.05, 3.63) is 0 Å². The molecule has 2 heteroatoms. The van der Waals surface area contributed by atoms with E-state index in [1.165, 1.54) is 6.42 Å². The summed E-state index contributed by atoms with van der Waals surface area (Å²) in [5, 5.41) is 12.2. The molecule has 0 rings (SSSR count). The maximum Gasteiger partial charge on any atom is 0.0524 e. The predicted molar refractivity (Wildman–Crippen MR) is 48.6 cm³/mol. The first-order valence-electron chi connectivity index (χ1n) is 4.51. The van der Waals surface area contributed by atoms with Gasteiger partial charge < -0.3 is 10.4 Å². The molecule has 1 unspecified atom stereocenters. The fourth-order valence-corrected chi connectivity index (χ4v) is 0.827. The van der Waals surface area contributed by atoms with Crippen molar-refractivity contribution in [2.24, 2.45) is 5.92 Å². The van der Waals surface area contributed by atoms with E-state index in [0.29, 0.717) is 0 Å². The Morgan fingerprint density at radius 2 is 1.64 bits per heavy atom. The lowest BCUT2D eigenvalue weighted by atomic mass is 10.1. The molecule has 0 spiro atoms. The Labute approximate surface area is 70.0 Å². The van der Waals surface area contributed by atoms with E-state index in [0.717, 1.165) is 25.4 Å². The van der Waals surface area contributed by atoms with Crippen molar-refractivity contribution in [2.75, 3.05) is 13.1 Å². The van der Waals surface area contributed by atoms with Crippen LogP contribution in [0.2, 0.25) is 0 Å². The standard InChI is InChI=1S/C9H21NO/c1-8(2)4-6-10-7-5-9(3)11/h8-11H,4-7H2,1-3H3. The van der Waals surface area contributed by atoms with E-state index < -0.39 is 0 Å². The SMILES string of the molecule is CC(C)CCNCCC(C)O. The molecule has 0 fully saturated rings. The summed E-state index contributed by atoms with van der Waals surface area (Å²) in [5.74, 6) is 0.772. The van der Waals surface area contributed by atoms with Crippen LogP contribution in [0.25, 0.3) is 0 Å². The second-order valence-electron chi connectivity index (χ2n) is 3.57. The highest BCUT2D eigenvalue weighted by Gasteiger charge is 1.95. The van der Waals surface area contributed by atoms with E-state index in [-0.39, 0.29) is 6.10 Å². The molecule has 68 valence electrons. The fraction of sp³-hybridized carbons (Fsp3) is 1.00. The van der Waals surface area contributed by atoms with Crippen molar-refractivity contribution in [3.8, 4) is 0 Å². The molecule has 2 N–H and O–H groups in total. The van der Waals surface area contributed by atoms with Crippen LogP contribution in [0.4, 0.5) is 0 Å². The summed E-state index contributed by atoms with van der Waals surface area (Å²) in [6, 6.07) is 0. The summed E-state index contributed by atoms with van der Waals surface area (Å²) in [6.45, 7) is 8.27. The second kappa shape index (κ2) is 6.62. The van der Waals surface area contributed by atoms with Crippen molar-refractivity contribution in [2.45, 2.75) is 39.7 Å². The first-order valence-corrected chi connectivity index (χ1v) is 4.51. The number of hydrogen-bond acceptors (Lipinski definition) is 2. The maximum absolute atomic E-state index is 8.92. The zero-order valence-electron chi connectivity index (χ0n) is 7.93. The van der Waals surface area contributed by atoms with Gasteiger partial charge in [-0.1, -0.05) is 13.8 Å². The van der Waals surface area contributed by atoms with Crippen LogP contribution in [0.5, 0.6) is 0 Å². The van der Waals surface area contributed by atoms with Crippen LogP contribution >= 0.6 is 0 Å². The number of nitrogens with one attached hydrogen (secondary N) is 1. The summed E-state index contributed by atoms with van der Waals surface area (Å²) < 4.78 is 0. The Morgan fingerprint density at radius 1 is 1.09 bits per heavy atom. The number of aliphatic hydroxyl groups excluding tert-OH is 1. The van der Waals surface area contributed by atoms with E-state index in [9.17, 15) is 0 Å². The van der Waals surface area contributed by atoms with Crippen LogP contribution in [0.3, 0.4) is 0 Å². The van der Waals surface area contributed by atoms with Gasteiger partial charge in [0, 0.05) is 0 Å². The van der Waals surface area contributed by atoms with Crippen LogP contribution in [0.1, 0.15) is 33.6 Å². The smallest absolute Gasteiger partial charge is 0.0524 e. The van der Waals surface area contributed by atoms with E-state index in [1.54, 1.807) is 0 Å². The van der Waals surface area contributed by atoms with Gasteiger partial charge in [0.1, 0.15) is 0 Å². The lowest BCUT2D eigenvalue weighted by molar-refractivity contribution is 0.183. The van der Waals surface area contributed by atoms with E-state index in [4.69, 9.17) is 5.11 Å². The van der Waals surface area contributed by atoms with Gasteiger partial charge >= 0.3 is 0 Å². The Morgan fingerprint density at radius 3 is 2.09 bits per heavy atom. The molecule has 11 heavy (non-hydrogen) atoms. The molecule has 0 saturated heterocycles. The molecule has 0 aromatic heterocycles. The van der Waals surface area contributed by atoms with Crippen molar-refractivity contribution in [1.82, 2.24) is 5.32 Å². The zero-order valence-corrected chi connectivity index (χ0v) is 7.93.